The molecule has 4 rings (SSSR count). The fraction of sp³-hybridized carbons (Fsp3) is 0.320. The van der Waals surface area contributed by atoms with Gasteiger partial charge in [-0.3, -0.25) is 9.59 Å². The molecule has 184 valence electrons. The average molecular weight is 499 g/mol. The second kappa shape index (κ2) is 10.2. The van der Waals surface area contributed by atoms with Gasteiger partial charge in [0.25, 0.3) is 5.91 Å². The highest BCUT2D eigenvalue weighted by atomic mass is 32.1. The molecule has 1 aliphatic heterocycles. The largest absolute Gasteiger partial charge is 0.486 e. The number of anilines is 2. The standard InChI is InChI=1S/C25H26N2O7S/c1-5-31-25(30)20-17-8-6-13(2)21(22(17)35-24(20)26-15(4)28)34-14(3)23(29)27-16-7-9-18-19(12-16)33-11-10-32-18/h6-9,12,14H,5,10-11H2,1-4H3,(H,26,28)(H,27,29)/t14-/m0/s1. The molecule has 1 aromatic heterocycles. The van der Waals surface area contributed by atoms with Crippen molar-refractivity contribution in [2.24, 2.45) is 0 Å². The number of carbonyl (C=O) groups excluding carboxylic acids is 3. The quantitative estimate of drug-likeness (QED) is 0.461. The number of nitrogens with one attached hydrogen (secondary N) is 2. The van der Waals surface area contributed by atoms with E-state index in [0.717, 1.165) is 5.56 Å². The van der Waals surface area contributed by atoms with E-state index in [1.54, 1.807) is 44.2 Å². The number of thiophene rings is 1. The number of hydrogen-bond acceptors (Lipinski definition) is 8. The summed E-state index contributed by atoms with van der Waals surface area (Å²) in [5.41, 5.74) is 1.60. The average Bonchev–Trinajstić information content (AvgIpc) is 3.18. The topological polar surface area (TPSA) is 112 Å². The van der Waals surface area contributed by atoms with Gasteiger partial charge in [-0.05, 0) is 38.5 Å². The van der Waals surface area contributed by atoms with Crippen molar-refractivity contribution in [2.75, 3.05) is 30.5 Å². The Morgan fingerprint density at radius 2 is 1.83 bits per heavy atom. The fourth-order valence-electron chi connectivity index (χ4n) is 3.63. The summed E-state index contributed by atoms with van der Waals surface area (Å²) in [5.74, 6) is 0.446. The van der Waals surface area contributed by atoms with Crippen LogP contribution < -0.4 is 24.8 Å². The van der Waals surface area contributed by atoms with Crippen molar-refractivity contribution in [3.8, 4) is 17.2 Å². The third-order valence-corrected chi connectivity index (χ3v) is 6.37. The second-order valence-corrected chi connectivity index (χ2v) is 8.92. The third kappa shape index (κ3) is 5.17. The lowest BCUT2D eigenvalue weighted by atomic mass is 10.1. The molecule has 0 bridgehead atoms. The molecule has 0 aliphatic carbocycles. The van der Waals surface area contributed by atoms with Gasteiger partial charge in [0.15, 0.2) is 17.6 Å². The first-order chi connectivity index (χ1) is 16.8. The summed E-state index contributed by atoms with van der Waals surface area (Å²) in [7, 11) is 0. The van der Waals surface area contributed by atoms with Gasteiger partial charge in [0.1, 0.15) is 29.5 Å². The normalized spacial score (nSPS) is 13.1. The van der Waals surface area contributed by atoms with Gasteiger partial charge in [0, 0.05) is 24.1 Å². The van der Waals surface area contributed by atoms with E-state index in [9.17, 15) is 14.4 Å². The molecule has 0 radical (unpaired) electrons. The van der Waals surface area contributed by atoms with Crippen LogP contribution in [0, 0.1) is 6.92 Å². The number of benzene rings is 2. The van der Waals surface area contributed by atoms with Crippen molar-refractivity contribution >= 4 is 49.9 Å². The number of hydrogen-bond donors (Lipinski definition) is 2. The van der Waals surface area contributed by atoms with Crippen LogP contribution in [0.1, 0.15) is 36.7 Å². The highest BCUT2D eigenvalue weighted by molar-refractivity contribution is 7.24. The maximum atomic E-state index is 12.9. The Hall–Kier alpha value is -3.79. The van der Waals surface area contributed by atoms with E-state index in [1.807, 2.05) is 6.92 Å². The van der Waals surface area contributed by atoms with E-state index < -0.39 is 12.1 Å². The van der Waals surface area contributed by atoms with Crippen molar-refractivity contribution in [1.82, 2.24) is 0 Å². The molecule has 3 aromatic rings. The molecule has 0 unspecified atom stereocenters. The lowest BCUT2D eigenvalue weighted by Crippen LogP contribution is -2.30. The first kappa shape index (κ1) is 24.3. The molecule has 0 fully saturated rings. The first-order valence-electron chi connectivity index (χ1n) is 11.2. The van der Waals surface area contributed by atoms with E-state index >= 15 is 0 Å². The van der Waals surface area contributed by atoms with Crippen LogP contribution in [-0.4, -0.2) is 43.7 Å². The monoisotopic (exact) mass is 498 g/mol. The van der Waals surface area contributed by atoms with Gasteiger partial charge in [0.05, 0.1) is 11.3 Å². The molecule has 1 atom stereocenters. The summed E-state index contributed by atoms with van der Waals surface area (Å²) >= 11 is 1.20. The fourth-order valence-corrected chi connectivity index (χ4v) is 4.91. The van der Waals surface area contributed by atoms with Gasteiger partial charge < -0.3 is 29.6 Å². The van der Waals surface area contributed by atoms with Crippen LogP contribution in [0.5, 0.6) is 17.2 Å². The van der Waals surface area contributed by atoms with Gasteiger partial charge in [0.2, 0.25) is 5.91 Å². The number of fused-ring (bicyclic) bond motifs is 2. The van der Waals surface area contributed by atoms with Crippen LogP contribution in [0.25, 0.3) is 10.1 Å². The van der Waals surface area contributed by atoms with Crippen molar-refractivity contribution in [2.45, 2.75) is 33.8 Å². The molecule has 9 nitrogen and oxygen atoms in total. The molecule has 35 heavy (non-hydrogen) atoms. The Bertz CT molecular complexity index is 1300. The molecule has 0 saturated heterocycles. The summed E-state index contributed by atoms with van der Waals surface area (Å²) in [5, 5.41) is 6.49. The smallest absolute Gasteiger partial charge is 0.341 e. The molecule has 10 heteroatoms. The molecule has 2 N–H and O–H groups in total. The predicted octanol–water partition coefficient (Wildman–Crippen LogP) is 4.52. The zero-order valence-corrected chi connectivity index (χ0v) is 20.7. The van der Waals surface area contributed by atoms with Crippen molar-refractivity contribution in [3.63, 3.8) is 0 Å². The lowest BCUT2D eigenvalue weighted by molar-refractivity contribution is -0.122. The highest BCUT2D eigenvalue weighted by Gasteiger charge is 2.26. The minimum atomic E-state index is -0.857. The lowest BCUT2D eigenvalue weighted by Gasteiger charge is -2.20. The van der Waals surface area contributed by atoms with Gasteiger partial charge in [-0.1, -0.05) is 12.1 Å². The van der Waals surface area contributed by atoms with Crippen molar-refractivity contribution < 1.29 is 33.3 Å². The van der Waals surface area contributed by atoms with Crippen LogP contribution in [0.2, 0.25) is 0 Å². The Labute approximate surface area is 206 Å². The summed E-state index contributed by atoms with van der Waals surface area (Å²) in [6, 6.07) is 8.76. The number of carbonyl (C=O) groups is 3. The number of aryl methyl sites for hydroxylation is 1. The van der Waals surface area contributed by atoms with Crippen LogP contribution in [0.4, 0.5) is 10.7 Å². The second-order valence-electron chi connectivity index (χ2n) is 7.90. The van der Waals surface area contributed by atoms with E-state index in [0.29, 0.717) is 51.2 Å². The number of rotatable bonds is 7. The number of ether oxygens (including phenoxy) is 4. The summed E-state index contributed by atoms with van der Waals surface area (Å²) in [6.07, 6.45) is -0.857. The molecule has 2 aromatic carbocycles. The van der Waals surface area contributed by atoms with Crippen LogP contribution in [-0.2, 0) is 14.3 Å². The minimum Gasteiger partial charge on any atom is -0.486 e. The Morgan fingerprint density at radius 1 is 1.09 bits per heavy atom. The first-order valence-corrected chi connectivity index (χ1v) is 12.0. The van der Waals surface area contributed by atoms with Crippen LogP contribution in [0.15, 0.2) is 30.3 Å². The Morgan fingerprint density at radius 3 is 2.54 bits per heavy atom. The van der Waals surface area contributed by atoms with Gasteiger partial charge in [-0.25, -0.2) is 4.79 Å². The van der Waals surface area contributed by atoms with E-state index in [4.69, 9.17) is 18.9 Å². The van der Waals surface area contributed by atoms with Gasteiger partial charge in [-0.15, -0.1) is 11.3 Å². The number of esters is 1. The van der Waals surface area contributed by atoms with E-state index in [-0.39, 0.29) is 24.0 Å². The molecule has 0 saturated carbocycles. The zero-order chi connectivity index (χ0) is 25.1. The zero-order valence-electron chi connectivity index (χ0n) is 19.9. The van der Waals surface area contributed by atoms with Gasteiger partial charge >= 0.3 is 5.97 Å². The SMILES string of the molecule is CCOC(=O)c1c(NC(C)=O)sc2c(O[C@@H](C)C(=O)Nc3ccc4c(c3)OCCO4)c(C)ccc12. The molecule has 1 aliphatic rings. The van der Waals surface area contributed by atoms with E-state index in [1.165, 1.54) is 18.3 Å². The van der Waals surface area contributed by atoms with Crippen molar-refractivity contribution in [3.05, 3.63) is 41.5 Å². The highest BCUT2D eigenvalue weighted by Crippen LogP contribution is 2.43. The summed E-state index contributed by atoms with van der Waals surface area (Å²) in [4.78, 5) is 37.3. The van der Waals surface area contributed by atoms with Crippen molar-refractivity contribution in [1.29, 1.82) is 0 Å². The summed E-state index contributed by atoms with van der Waals surface area (Å²) < 4.78 is 23.0. The summed E-state index contributed by atoms with van der Waals surface area (Å²) in [6.45, 7) is 7.70. The maximum absolute atomic E-state index is 12.9. The molecule has 2 heterocycles. The number of amides is 2. The Balaban J connectivity index is 1.61. The third-order valence-electron chi connectivity index (χ3n) is 5.25. The molecule has 0 spiro atoms. The minimum absolute atomic E-state index is 0.196. The van der Waals surface area contributed by atoms with Crippen LogP contribution in [0.3, 0.4) is 0 Å². The molecule has 2 amide bonds. The molecular weight excluding hydrogens is 472 g/mol. The Kier molecular flexibility index (Phi) is 7.11. The maximum Gasteiger partial charge on any atom is 0.341 e. The van der Waals surface area contributed by atoms with Crippen LogP contribution >= 0.6 is 11.3 Å². The van der Waals surface area contributed by atoms with Gasteiger partial charge in [-0.2, -0.15) is 0 Å². The van der Waals surface area contributed by atoms with E-state index in [2.05, 4.69) is 10.6 Å². The molecular formula is C25H26N2O7S. The predicted molar refractivity (Wildman–Crippen MR) is 133 cm³/mol.